The summed E-state index contributed by atoms with van der Waals surface area (Å²) in [6.45, 7) is 3.50. The standard InChI is InChI=1S/C19H17NO4/c1-12-18(19(22)20-11-14-6-4-3-5-7-14)16-10-15(24-13(2)21)8-9-17(16)23-12/h3-10H,11H2,1-2H3,(H,20,22). The fraction of sp³-hybridized carbons (Fsp3) is 0.158. The smallest absolute Gasteiger partial charge is 0.308 e. The second kappa shape index (κ2) is 6.58. The maximum Gasteiger partial charge on any atom is 0.308 e. The zero-order valence-electron chi connectivity index (χ0n) is 13.5. The summed E-state index contributed by atoms with van der Waals surface area (Å²) in [5.41, 5.74) is 2.04. The predicted octanol–water partition coefficient (Wildman–Crippen LogP) is 3.60. The van der Waals surface area contributed by atoms with E-state index in [4.69, 9.17) is 9.15 Å². The lowest BCUT2D eigenvalue weighted by Gasteiger charge is -2.05. The fourth-order valence-electron chi connectivity index (χ4n) is 2.58. The summed E-state index contributed by atoms with van der Waals surface area (Å²) in [5.74, 6) is 0.267. The Bertz CT molecular complexity index is 896. The number of benzene rings is 2. The van der Waals surface area contributed by atoms with Gasteiger partial charge in [0.15, 0.2) is 0 Å². The highest BCUT2D eigenvalue weighted by molar-refractivity contribution is 6.07. The molecule has 0 aliphatic rings. The van der Waals surface area contributed by atoms with Crippen LogP contribution in [0.4, 0.5) is 0 Å². The minimum Gasteiger partial charge on any atom is -0.461 e. The summed E-state index contributed by atoms with van der Waals surface area (Å²) in [7, 11) is 0. The number of ether oxygens (including phenoxy) is 1. The molecular formula is C19H17NO4. The van der Waals surface area contributed by atoms with Crippen molar-refractivity contribution in [2.75, 3.05) is 0 Å². The second-order valence-electron chi connectivity index (χ2n) is 5.45. The lowest BCUT2D eigenvalue weighted by atomic mass is 10.1. The van der Waals surface area contributed by atoms with E-state index in [0.717, 1.165) is 5.56 Å². The Morgan fingerprint density at radius 3 is 2.58 bits per heavy atom. The van der Waals surface area contributed by atoms with Crippen LogP contribution < -0.4 is 10.1 Å². The normalized spacial score (nSPS) is 10.6. The second-order valence-corrected chi connectivity index (χ2v) is 5.45. The van der Waals surface area contributed by atoms with Crippen molar-refractivity contribution in [2.45, 2.75) is 20.4 Å². The van der Waals surface area contributed by atoms with Gasteiger partial charge in [-0.2, -0.15) is 0 Å². The third-order valence-corrected chi connectivity index (χ3v) is 3.62. The van der Waals surface area contributed by atoms with Crippen LogP contribution in [0.5, 0.6) is 5.75 Å². The zero-order chi connectivity index (χ0) is 17.1. The van der Waals surface area contributed by atoms with E-state index < -0.39 is 5.97 Å². The van der Waals surface area contributed by atoms with E-state index in [0.29, 0.717) is 34.6 Å². The molecule has 0 atom stereocenters. The molecular weight excluding hydrogens is 306 g/mol. The van der Waals surface area contributed by atoms with Gasteiger partial charge < -0.3 is 14.5 Å². The summed E-state index contributed by atoms with van der Waals surface area (Å²) in [4.78, 5) is 23.7. The van der Waals surface area contributed by atoms with Crippen LogP contribution in [0.2, 0.25) is 0 Å². The predicted molar refractivity (Wildman–Crippen MR) is 89.9 cm³/mol. The number of hydrogen-bond acceptors (Lipinski definition) is 4. The lowest BCUT2D eigenvalue weighted by molar-refractivity contribution is -0.131. The molecule has 0 spiro atoms. The highest BCUT2D eigenvalue weighted by atomic mass is 16.5. The number of carbonyl (C=O) groups is 2. The molecule has 0 saturated carbocycles. The van der Waals surface area contributed by atoms with Crippen LogP contribution in [0.3, 0.4) is 0 Å². The number of carbonyl (C=O) groups excluding carboxylic acids is 2. The first-order valence-electron chi connectivity index (χ1n) is 7.58. The molecule has 0 radical (unpaired) electrons. The molecule has 1 amide bonds. The zero-order valence-corrected chi connectivity index (χ0v) is 13.5. The number of aryl methyl sites for hydroxylation is 1. The molecule has 24 heavy (non-hydrogen) atoms. The Balaban J connectivity index is 1.88. The number of amides is 1. The third-order valence-electron chi connectivity index (χ3n) is 3.62. The molecule has 1 heterocycles. The van der Waals surface area contributed by atoms with Crippen LogP contribution in [0.15, 0.2) is 52.9 Å². The Kier molecular flexibility index (Phi) is 4.33. The van der Waals surface area contributed by atoms with E-state index in [1.54, 1.807) is 25.1 Å². The Morgan fingerprint density at radius 2 is 1.88 bits per heavy atom. The quantitative estimate of drug-likeness (QED) is 0.588. The first-order chi connectivity index (χ1) is 11.5. The van der Waals surface area contributed by atoms with Gasteiger partial charge in [0.2, 0.25) is 0 Å². The Hall–Kier alpha value is -3.08. The number of furan rings is 1. The van der Waals surface area contributed by atoms with Crippen molar-refractivity contribution in [2.24, 2.45) is 0 Å². The van der Waals surface area contributed by atoms with E-state index in [1.807, 2.05) is 30.3 Å². The van der Waals surface area contributed by atoms with Crippen LogP contribution in [0.25, 0.3) is 11.0 Å². The van der Waals surface area contributed by atoms with Crippen molar-refractivity contribution < 1.29 is 18.7 Å². The van der Waals surface area contributed by atoms with E-state index >= 15 is 0 Å². The topological polar surface area (TPSA) is 68.5 Å². The van der Waals surface area contributed by atoms with Gasteiger partial charge in [-0.15, -0.1) is 0 Å². The molecule has 0 unspecified atom stereocenters. The van der Waals surface area contributed by atoms with E-state index in [-0.39, 0.29) is 5.91 Å². The maximum absolute atomic E-state index is 12.6. The summed E-state index contributed by atoms with van der Waals surface area (Å²) in [5, 5.41) is 3.51. The molecule has 2 aromatic carbocycles. The van der Waals surface area contributed by atoms with Crippen LogP contribution in [0, 0.1) is 6.92 Å². The van der Waals surface area contributed by atoms with Crippen LogP contribution in [-0.2, 0) is 11.3 Å². The number of fused-ring (bicyclic) bond motifs is 1. The summed E-state index contributed by atoms with van der Waals surface area (Å²) < 4.78 is 10.7. The SMILES string of the molecule is CC(=O)Oc1ccc2oc(C)c(C(=O)NCc3ccccc3)c2c1. The maximum atomic E-state index is 12.6. The van der Waals surface area contributed by atoms with Gasteiger partial charge in [0, 0.05) is 18.9 Å². The average Bonchev–Trinajstić information content (AvgIpc) is 2.88. The van der Waals surface area contributed by atoms with E-state index in [2.05, 4.69) is 5.32 Å². The molecule has 0 bridgehead atoms. The molecule has 0 aliphatic carbocycles. The molecule has 5 heteroatoms. The summed E-state index contributed by atoms with van der Waals surface area (Å²) in [6, 6.07) is 14.6. The van der Waals surface area contributed by atoms with Crippen LogP contribution in [-0.4, -0.2) is 11.9 Å². The van der Waals surface area contributed by atoms with E-state index in [9.17, 15) is 9.59 Å². The van der Waals surface area contributed by atoms with Gasteiger partial charge in [-0.3, -0.25) is 9.59 Å². The third kappa shape index (κ3) is 3.30. The van der Waals surface area contributed by atoms with Gasteiger partial charge in [0.25, 0.3) is 5.91 Å². The average molecular weight is 323 g/mol. The van der Waals surface area contributed by atoms with Gasteiger partial charge in [0.1, 0.15) is 17.1 Å². The molecule has 3 rings (SSSR count). The molecule has 0 saturated heterocycles. The van der Waals surface area contributed by atoms with Gasteiger partial charge in [0.05, 0.1) is 5.56 Å². The highest BCUT2D eigenvalue weighted by Crippen LogP contribution is 2.29. The van der Waals surface area contributed by atoms with Crippen molar-refractivity contribution in [3.05, 3.63) is 65.4 Å². The largest absolute Gasteiger partial charge is 0.461 e. The monoisotopic (exact) mass is 323 g/mol. The first kappa shape index (κ1) is 15.8. The van der Waals surface area contributed by atoms with Gasteiger partial charge >= 0.3 is 5.97 Å². The summed E-state index contributed by atoms with van der Waals surface area (Å²) in [6.07, 6.45) is 0. The van der Waals surface area contributed by atoms with Gasteiger partial charge in [-0.05, 0) is 30.7 Å². The minimum atomic E-state index is -0.412. The lowest BCUT2D eigenvalue weighted by Crippen LogP contribution is -2.23. The minimum absolute atomic E-state index is 0.227. The Labute approximate surface area is 139 Å². The van der Waals surface area contributed by atoms with E-state index in [1.165, 1.54) is 6.92 Å². The molecule has 1 aromatic heterocycles. The van der Waals surface area contributed by atoms with Crippen molar-refractivity contribution in [1.29, 1.82) is 0 Å². The molecule has 0 aliphatic heterocycles. The summed E-state index contributed by atoms with van der Waals surface area (Å²) >= 11 is 0. The van der Waals surface area contributed by atoms with Gasteiger partial charge in [-0.25, -0.2) is 0 Å². The van der Waals surface area contributed by atoms with Crippen LogP contribution in [0.1, 0.15) is 28.6 Å². The molecule has 1 N–H and O–H groups in total. The molecule has 3 aromatic rings. The van der Waals surface area contributed by atoms with Crippen LogP contribution >= 0.6 is 0 Å². The van der Waals surface area contributed by atoms with Crippen molar-refractivity contribution in [3.8, 4) is 5.75 Å². The first-order valence-corrected chi connectivity index (χ1v) is 7.58. The Morgan fingerprint density at radius 1 is 1.12 bits per heavy atom. The number of rotatable bonds is 4. The van der Waals surface area contributed by atoms with Crippen molar-refractivity contribution in [1.82, 2.24) is 5.32 Å². The number of esters is 1. The number of nitrogens with one attached hydrogen (secondary N) is 1. The molecule has 5 nitrogen and oxygen atoms in total. The molecule has 122 valence electrons. The fourth-order valence-corrected chi connectivity index (χ4v) is 2.58. The number of hydrogen-bond donors (Lipinski definition) is 1. The molecule has 0 fully saturated rings. The highest BCUT2D eigenvalue weighted by Gasteiger charge is 2.19. The van der Waals surface area contributed by atoms with Crippen molar-refractivity contribution >= 4 is 22.8 Å². The van der Waals surface area contributed by atoms with Gasteiger partial charge in [-0.1, -0.05) is 30.3 Å². The van der Waals surface area contributed by atoms with Crippen molar-refractivity contribution in [3.63, 3.8) is 0 Å².